The highest BCUT2D eigenvalue weighted by Crippen LogP contribution is 2.17. The van der Waals surface area contributed by atoms with Crippen LogP contribution in [0.2, 0.25) is 0 Å². The molecule has 1 rings (SSSR count). The van der Waals surface area contributed by atoms with E-state index in [-0.39, 0.29) is 18.2 Å². The van der Waals surface area contributed by atoms with Crippen LogP contribution in [0.4, 0.5) is 4.79 Å². The molecule has 0 aromatic carbocycles. The van der Waals surface area contributed by atoms with Crippen LogP contribution >= 0.6 is 0 Å². The van der Waals surface area contributed by atoms with Crippen molar-refractivity contribution in [3.8, 4) is 0 Å². The van der Waals surface area contributed by atoms with E-state index in [0.29, 0.717) is 13.1 Å². The van der Waals surface area contributed by atoms with Crippen LogP contribution in [0.1, 0.15) is 41.0 Å². The van der Waals surface area contributed by atoms with E-state index < -0.39 is 11.7 Å². The summed E-state index contributed by atoms with van der Waals surface area (Å²) < 4.78 is 5.41. The first kappa shape index (κ1) is 15.2. The van der Waals surface area contributed by atoms with Crippen LogP contribution in [0, 0.1) is 0 Å². The third-order valence-corrected chi connectivity index (χ3v) is 3.13. The first-order valence-corrected chi connectivity index (χ1v) is 6.65. The van der Waals surface area contributed by atoms with Gasteiger partial charge in [-0.15, -0.1) is 0 Å². The highest BCUT2D eigenvalue weighted by molar-refractivity contribution is 5.68. The maximum atomic E-state index is 12.1. The molecule has 5 heteroatoms. The maximum Gasteiger partial charge on any atom is 0.410 e. The van der Waals surface area contributed by atoms with Crippen LogP contribution < -0.4 is 5.32 Å². The Morgan fingerprint density at radius 2 is 2.17 bits per heavy atom. The highest BCUT2D eigenvalue weighted by atomic mass is 16.6. The molecule has 0 aromatic heterocycles. The van der Waals surface area contributed by atoms with Gasteiger partial charge in [0.2, 0.25) is 0 Å². The van der Waals surface area contributed by atoms with E-state index in [9.17, 15) is 9.90 Å². The van der Waals surface area contributed by atoms with Crippen molar-refractivity contribution >= 4 is 6.09 Å². The number of piperazine rings is 1. The van der Waals surface area contributed by atoms with Crippen molar-refractivity contribution in [3.05, 3.63) is 0 Å². The van der Waals surface area contributed by atoms with Gasteiger partial charge in [0.25, 0.3) is 0 Å². The van der Waals surface area contributed by atoms with Gasteiger partial charge < -0.3 is 20.1 Å². The number of hydrogen-bond donors (Lipinski definition) is 2. The number of ether oxygens (including phenoxy) is 1. The Labute approximate surface area is 109 Å². The third kappa shape index (κ3) is 4.14. The lowest BCUT2D eigenvalue weighted by Crippen LogP contribution is -2.61. The Bertz CT molecular complexity index is 286. The molecule has 0 spiro atoms. The van der Waals surface area contributed by atoms with Crippen molar-refractivity contribution in [2.24, 2.45) is 0 Å². The number of aliphatic hydroxyl groups excluding tert-OH is 1. The molecule has 0 aromatic rings. The number of hydrogen-bond acceptors (Lipinski definition) is 4. The van der Waals surface area contributed by atoms with Crippen LogP contribution in [0.5, 0.6) is 0 Å². The summed E-state index contributed by atoms with van der Waals surface area (Å²) in [6.07, 6.45) is 0.105. The molecule has 18 heavy (non-hydrogen) atoms. The van der Waals surface area contributed by atoms with E-state index in [2.05, 4.69) is 5.32 Å². The molecule has 1 aliphatic heterocycles. The molecule has 1 fully saturated rings. The van der Waals surface area contributed by atoms with Crippen molar-refractivity contribution in [2.75, 3.05) is 13.1 Å². The number of rotatable bonds is 2. The minimum Gasteiger partial charge on any atom is -0.444 e. The standard InChI is InChI=1S/C13H26N2O3/c1-6-10-7-14-11(9(2)16)8-15(10)12(17)18-13(3,4)5/h9-11,14,16H,6-8H2,1-5H3/t9-,10-,11-/m1/s1. The van der Waals surface area contributed by atoms with Crippen LogP contribution in [-0.2, 0) is 4.74 Å². The Hall–Kier alpha value is -0.810. The van der Waals surface area contributed by atoms with E-state index >= 15 is 0 Å². The summed E-state index contributed by atoms with van der Waals surface area (Å²) in [5.41, 5.74) is -0.486. The average molecular weight is 258 g/mol. The maximum absolute atomic E-state index is 12.1. The largest absolute Gasteiger partial charge is 0.444 e. The van der Waals surface area contributed by atoms with Gasteiger partial charge in [-0.25, -0.2) is 4.79 Å². The van der Waals surface area contributed by atoms with Crippen LogP contribution in [0.25, 0.3) is 0 Å². The summed E-state index contributed by atoms with van der Waals surface area (Å²) >= 11 is 0. The number of carbonyl (C=O) groups excluding carboxylic acids is 1. The normalized spacial score (nSPS) is 26.9. The molecule has 3 atom stereocenters. The molecule has 2 N–H and O–H groups in total. The molecular formula is C13H26N2O3. The van der Waals surface area contributed by atoms with Crippen molar-refractivity contribution in [3.63, 3.8) is 0 Å². The number of nitrogens with zero attached hydrogens (tertiary/aromatic N) is 1. The summed E-state index contributed by atoms with van der Waals surface area (Å²) in [6, 6.07) is 0.0511. The summed E-state index contributed by atoms with van der Waals surface area (Å²) in [7, 11) is 0. The molecule has 1 saturated heterocycles. The number of carbonyl (C=O) groups is 1. The Morgan fingerprint density at radius 1 is 1.56 bits per heavy atom. The molecule has 0 aliphatic carbocycles. The predicted octanol–water partition coefficient (Wildman–Crippen LogP) is 1.35. The molecular weight excluding hydrogens is 232 g/mol. The second-order valence-corrected chi connectivity index (χ2v) is 5.95. The Balaban J connectivity index is 2.71. The lowest BCUT2D eigenvalue weighted by Gasteiger charge is -2.41. The Morgan fingerprint density at radius 3 is 2.61 bits per heavy atom. The molecule has 0 saturated carbocycles. The van der Waals surface area contributed by atoms with E-state index in [1.165, 1.54) is 0 Å². The van der Waals surface area contributed by atoms with Gasteiger partial charge in [-0.2, -0.15) is 0 Å². The molecule has 1 amide bonds. The van der Waals surface area contributed by atoms with Crippen molar-refractivity contribution in [2.45, 2.75) is 64.8 Å². The average Bonchev–Trinajstić information content (AvgIpc) is 2.25. The van der Waals surface area contributed by atoms with E-state index in [4.69, 9.17) is 4.74 Å². The van der Waals surface area contributed by atoms with Gasteiger partial charge in [-0.05, 0) is 34.1 Å². The first-order chi connectivity index (χ1) is 8.24. The zero-order valence-corrected chi connectivity index (χ0v) is 12.1. The molecule has 5 nitrogen and oxygen atoms in total. The zero-order chi connectivity index (χ0) is 13.9. The molecule has 106 valence electrons. The quantitative estimate of drug-likeness (QED) is 0.785. The summed E-state index contributed by atoms with van der Waals surface area (Å²) in [4.78, 5) is 13.9. The van der Waals surface area contributed by atoms with Gasteiger partial charge in [0.05, 0.1) is 12.1 Å². The second-order valence-electron chi connectivity index (χ2n) is 5.95. The van der Waals surface area contributed by atoms with Gasteiger partial charge in [0.15, 0.2) is 0 Å². The van der Waals surface area contributed by atoms with Gasteiger partial charge in [-0.3, -0.25) is 0 Å². The summed E-state index contributed by atoms with van der Waals surface area (Å²) in [6.45, 7) is 10.6. The topological polar surface area (TPSA) is 61.8 Å². The van der Waals surface area contributed by atoms with Gasteiger partial charge in [0.1, 0.15) is 5.60 Å². The lowest BCUT2D eigenvalue weighted by molar-refractivity contribution is -0.00167. The van der Waals surface area contributed by atoms with Crippen molar-refractivity contribution in [1.82, 2.24) is 10.2 Å². The zero-order valence-electron chi connectivity index (χ0n) is 12.1. The van der Waals surface area contributed by atoms with E-state index in [1.54, 1.807) is 11.8 Å². The fourth-order valence-corrected chi connectivity index (χ4v) is 2.06. The lowest BCUT2D eigenvalue weighted by atomic mass is 10.0. The number of aliphatic hydroxyl groups is 1. The van der Waals surface area contributed by atoms with Gasteiger partial charge >= 0.3 is 6.09 Å². The smallest absolute Gasteiger partial charge is 0.410 e. The highest BCUT2D eigenvalue weighted by Gasteiger charge is 2.34. The third-order valence-electron chi connectivity index (χ3n) is 3.13. The Kier molecular flexibility index (Phi) is 4.99. The number of nitrogens with one attached hydrogen (secondary N) is 1. The van der Waals surface area contributed by atoms with Gasteiger partial charge in [-0.1, -0.05) is 6.92 Å². The minimum atomic E-state index is -0.486. The fraction of sp³-hybridized carbons (Fsp3) is 0.923. The van der Waals surface area contributed by atoms with Gasteiger partial charge in [0, 0.05) is 19.1 Å². The van der Waals surface area contributed by atoms with E-state index in [0.717, 1.165) is 6.42 Å². The molecule has 1 aliphatic rings. The first-order valence-electron chi connectivity index (χ1n) is 6.65. The summed E-state index contributed by atoms with van der Waals surface area (Å²) in [5, 5.41) is 12.9. The minimum absolute atomic E-state index is 0.0830. The van der Waals surface area contributed by atoms with Crippen LogP contribution in [0.15, 0.2) is 0 Å². The SMILES string of the molecule is CC[C@@H]1CN[C@@H]([C@@H](C)O)CN1C(=O)OC(C)(C)C. The molecule has 0 radical (unpaired) electrons. The molecule has 0 bridgehead atoms. The summed E-state index contributed by atoms with van der Waals surface area (Å²) in [5.74, 6) is 0. The number of amides is 1. The monoisotopic (exact) mass is 258 g/mol. The van der Waals surface area contributed by atoms with Crippen molar-refractivity contribution < 1.29 is 14.6 Å². The van der Waals surface area contributed by atoms with Crippen molar-refractivity contribution in [1.29, 1.82) is 0 Å². The van der Waals surface area contributed by atoms with Crippen LogP contribution in [0.3, 0.4) is 0 Å². The second kappa shape index (κ2) is 5.89. The predicted molar refractivity (Wildman–Crippen MR) is 70.5 cm³/mol. The molecule has 1 heterocycles. The molecule has 0 unspecified atom stereocenters. The fourth-order valence-electron chi connectivity index (χ4n) is 2.06. The van der Waals surface area contributed by atoms with E-state index in [1.807, 2.05) is 27.7 Å². The van der Waals surface area contributed by atoms with Crippen LogP contribution in [-0.4, -0.2) is 53.0 Å².